The van der Waals surface area contributed by atoms with Crippen molar-refractivity contribution in [1.29, 1.82) is 0 Å². The number of benzene rings is 1. The van der Waals surface area contributed by atoms with Crippen LogP contribution in [0.5, 0.6) is 17.4 Å². The molecule has 0 aliphatic carbocycles. The highest BCUT2D eigenvalue weighted by molar-refractivity contribution is 5.33. The first-order chi connectivity index (χ1) is 9.67. The first kappa shape index (κ1) is 14.3. The van der Waals surface area contributed by atoms with E-state index in [9.17, 15) is 0 Å². The van der Waals surface area contributed by atoms with E-state index in [4.69, 9.17) is 9.47 Å². The largest absolute Gasteiger partial charge is 0.497 e. The zero-order valence-corrected chi connectivity index (χ0v) is 12.0. The SMILES string of the molecule is COc1ccc(Oc2cnc(CNC(C)C)cn2)cc1. The molecule has 1 aromatic heterocycles. The van der Waals surface area contributed by atoms with Crippen molar-refractivity contribution >= 4 is 0 Å². The summed E-state index contributed by atoms with van der Waals surface area (Å²) in [5.41, 5.74) is 0.890. The average molecular weight is 273 g/mol. The lowest BCUT2D eigenvalue weighted by atomic mass is 10.3. The number of nitrogens with zero attached hydrogens (tertiary/aromatic N) is 2. The highest BCUT2D eigenvalue weighted by Crippen LogP contribution is 2.21. The van der Waals surface area contributed by atoms with Gasteiger partial charge in [0.1, 0.15) is 11.5 Å². The second kappa shape index (κ2) is 6.86. The van der Waals surface area contributed by atoms with E-state index in [2.05, 4.69) is 29.1 Å². The minimum atomic E-state index is 0.423. The average Bonchev–Trinajstić information content (AvgIpc) is 2.47. The van der Waals surface area contributed by atoms with Gasteiger partial charge in [0, 0.05) is 12.6 Å². The fourth-order valence-corrected chi connectivity index (χ4v) is 1.56. The summed E-state index contributed by atoms with van der Waals surface area (Å²) in [4.78, 5) is 8.54. The Kier molecular flexibility index (Phi) is 4.90. The Morgan fingerprint density at radius 2 is 1.75 bits per heavy atom. The van der Waals surface area contributed by atoms with Crippen LogP contribution < -0.4 is 14.8 Å². The van der Waals surface area contributed by atoms with Crippen LogP contribution in [0.25, 0.3) is 0 Å². The lowest BCUT2D eigenvalue weighted by molar-refractivity contribution is 0.412. The maximum Gasteiger partial charge on any atom is 0.237 e. The van der Waals surface area contributed by atoms with Crippen molar-refractivity contribution in [1.82, 2.24) is 15.3 Å². The fourth-order valence-electron chi connectivity index (χ4n) is 1.56. The lowest BCUT2D eigenvalue weighted by Crippen LogP contribution is -2.22. The molecule has 5 heteroatoms. The quantitative estimate of drug-likeness (QED) is 0.877. The number of methoxy groups -OCH3 is 1. The Morgan fingerprint density at radius 3 is 2.30 bits per heavy atom. The molecule has 0 spiro atoms. The van der Waals surface area contributed by atoms with Crippen molar-refractivity contribution in [3.8, 4) is 17.4 Å². The second-order valence-corrected chi connectivity index (χ2v) is 4.66. The number of rotatable bonds is 6. The molecule has 106 valence electrons. The number of hydrogen-bond acceptors (Lipinski definition) is 5. The van der Waals surface area contributed by atoms with Gasteiger partial charge in [0.25, 0.3) is 0 Å². The van der Waals surface area contributed by atoms with E-state index in [1.807, 2.05) is 24.3 Å². The van der Waals surface area contributed by atoms with E-state index >= 15 is 0 Å². The third-order valence-electron chi connectivity index (χ3n) is 2.65. The van der Waals surface area contributed by atoms with Crippen LogP contribution >= 0.6 is 0 Å². The Bertz CT molecular complexity index is 524. The summed E-state index contributed by atoms with van der Waals surface area (Å²) in [5, 5.41) is 3.29. The van der Waals surface area contributed by atoms with Crippen LogP contribution in [0.1, 0.15) is 19.5 Å². The topological polar surface area (TPSA) is 56.3 Å². The van der Waals surface area contributed by atoms with Gasteiger partial charge in [0.15, 0.2) is 0 Å². The molecule has 0 amide bonds. The summed E-state index contributed by atoms with van der Waals surface area (Å²) in [6.07, 6.45) is 3.34. The highest BCUT2D eigenvalue weighted by Gasteiger charge is 2.02. The molecule has 20 heavy (non-hydrogen) atoms. The molecule has 0 bridgehead atoms. The first-order valence-corrected chi connectivity index (χ1v) is 6.53. The standard InChI is InChI=1S/C15H19N3O2/c1-11(2)16-8-12-9-18-15(10-17-12)20-14-6-4-13(19-3)5-7-14/h4-7,9-11,16H,8H2,1-3H3. The smallest absolute Gasteiger partial charge is 0.237 e. The second-order valence-electron chi connectivity index (χ2n) is 4.66. The summed E-state index contributed by atoms with van der Waals surface area (Å²) in [5.74, 6) is 1.97. The van der Waals surface area contributed by atoms with E-state index in [-0.39, 0.29) is 0 Å². The van der Waals surface area contributed by atoms with Crippen molar-refractivity contribution in [2.45, 2.75) is 26.4 Å². The molecule has 2 aromatic rings. The molecule has 0 radical (unpaired) electrons. The van der Waals surface area contributed by atoms with Crippen LogP contribution in [0, 0.1) is 0 Å². The highest BCUT2D eigenvalue weighted by atomic mass is 16.5. The Balaban J connectivity index is 1.95. The van der Waals surface area contributed by atoms with Crippen LogP contribution in [0.15, 0.2) is 36.7 Å². The summed E-state index contributed by atoms with van der Waals surface area (Å²) >= 11 is 0. The molecule has 0 saturated heterocycles. The molecule has 0 aliphatic rings. The van der Waals surface area contributed by atoms with Gasteiger partial charge in [-0.05, 0) is 24.3 Å². The number of hydrogen-bond donors (Lipinski definition) is 1. The number of aromatic nitrogens is 2. The normalized spacial score (nSPS) is 10.6. The molecule has 2 rings (SSSR count). The lowest BCUT2D eigenvalue weighted by Gasteiger charge is -2.08. The van der Waals surface area contributed by atoms with Gasteiger partial charge in [-0.1, -0.05) is 13.8 Å². The van der Waals surface area contributed by atoms with Crippen LogP contribution in [0.3, 0.4) is 0 Å². The van der Waals surface area contributed by atoms with Gasteiger partial charge >= 0.3 is 0 Å². The molecular formula is C15H19N3O2. The predicted octanol–water partition coefficient (Wildman–Crippen LogP) is 2.78. The molecule has 0 unspecified atom stereocenters. The van der Waals surface area contributed by atoms with E-state index in [1.165, 1.54) is 0 Å². The Morgan fingerprint density at radius 1 is 1.05 bits per heavy atom. The third-order valence-corrected chi connectivity index (χ3v) is 2.65. The molecular weight excluding hydrogens is 254 g/mol. The van der Waals surface area contributed by atoms with E-state index in [0.29, 0.717) is 24.2 Å². The summed E-state index contributed by atoms with van der Waals surface area (Å²) in [7, 11) is 1.63. The molecule has 5 nitrogen and oxygen atoms in total. The van der Waals surface area contributed by atoms with Crippen molar-refractivity contribution in [3.05, 3.63) is 42.4 Å². The molecule has 1 N–H and O–H groups in total. The van der Waals surface area contributed by atoms with Gasteiger partial charge < -0.3 is 14.8 Å². The maximum absolute atomic E-state index is 5.61. The number of nitrogens with one attached hydrogen (secondary N) is 1. The van der Waals surface area contributed by atoms with Crippen LogP contribution in [0.4, 0.5) is 0 Å². The van der Waals surface area contributed by atoms with Gasteiger partial charge in [0.2, 0.25) is 5.88 Å². The van der Waals surface area contributed by atoms with Crippen LogP contribution in [0.2, 0.25) is 0 Å². The van der Waals surface area contributed by atoms with Crippen molar-refractivity contribution in [3.63, 3.8) is 0 Å². The van der Waals surface area contributed by atoms with Gasteiger partial charge in [-0.15, -0.1) is 0 Å². The molecule has 1 heterocycles. The molecule has 0 saturated carbocycles. The van der Waals surface area contributed by atoms with Crippen LogP contribution in [-0.2, 0) is 6.54 Å². The van der Waals surface area contributed by atoms with Crippen molar-refractivity contribution in [2.75, 3.05) is 7.11 Å². The van der Waals surface area contributed by atoms with Gasteiger partial charge in [0.05, 0.1) is 25.2 Å². The van der Waals surface area contributed by atoms with Crippen molar-refractivity contribution in [2.24, 2.45) is 0 Å². The molecule has 0 aliphatic heterocycles. The zero-order valence-electron chi connectivity index (χ0n) is 12.0. The molecule has 1 aromatic carbocycles. The van der Waals surface area contributed by atoms with Crippen LogP contribution in [-0.4, -0.2) is 23.1 Å². The summed E-state index contributed by atoms with van der Waals surface area (Å²) in [6, 6.07) is 7.75. The first-order valence-electron chi connectivity index (χ1n) is 6.53. The fraction of sp³-hybridized carbons (Fsp3) is 0.333. The predicted molar refractivity (Wildman–Crippen MR) is 77.1 cm³/mol. The van der Waals surface area contributed by atoms with Gasteiger partial charge in [-0.25, -0.2) is 4.98 Å². The minimum absolute atomic E-state index is 0.423. The van der Waals surface area contributed by atoms with E-state index < -0.39 is 0 Å². The van der Waals surface area contributed by atoms with Gasteiger partial charge in [-0.2, -0.15) is 0 Å². The summed E-state index contributed by atoms with van der Waals surface area (Å²) < 4.78 is 10.7. The Labute approximate surface area is 119 Å². The number of ether oxygens (including phenoxy) is 2. The summed E-state index contributed by atoms with van der Waals surface area (Å²) in [6.45, 7) is 4.89. The third kappa shape index (κ3) is 4.20. The van der Waals surface area contributed by atoms with Gasteiger partial charge in [-0.3, -0.25) is 4.98 Å². The minimum Gasteiger partial charge on any atom is -0.497 e. The van der Waals surface area contributed by atoms with Crippen molar-refractivity contribution < 1.29 is 9.47 Å². The van der Waals surface area contributed by atoms with E-state index in [1.54, 1.807) is 19.5 Å². The Hall–Kier alpha value is -2.14. The maximum atomic E-state index is 5.61. The monoisotopic (exact) mass is 273 g/mol. The molecule has 0 fully saturated rings. The zero-order chi connectivity index (χ0) is 14.4. The molecule has 0 atom stereocenters. The van der Waals surface area contributed by atoms with E-state index in [0.717, 1.165) is 11.4 Å².